The molecule has 0 bridgehead atoms. The number of fused-ring (bicyclic) bond motifs is 2. The summed E-state index contributed by atoms with van der Waals surface area (Å²) >= 11 is 0. The predicted octanol–water partition coefficient (Wildman–Crippen LogP) is 6.49. The van der Waals surface area contributed by atoms with Gasteiger partial charge in [-0.3, -0.25) is 0 Å². The molecule has 135 valence electrons. The summed E-state index contributed by atoms with van der Waals surface area (Å²) in [5, 5.41) is 5.35. The molecule has 0 aromatic heterocycles. The molecule has 0 heterocycles. The normalized spacial score (nSPS) is 10.2. The van der Waals surface area contributed by atoms with E-state index in [-0.39, 0.29) is 32.7 Å². The average Bonchev–Trinajstić information content (AvgIpc) is 2.70. The van der Waals surface area contributed by atoms with Crippen LogP contribution in [0.3, 0.4) is 0 Å². The van der Waals surface area contributed by atoms with E-state index in [0.717, 1.165) is 12.8 Å². The van der Waals surface area contributed by atoms with E-state index in [2.05, 4.69) is 92.4 Å². The quantitative estimate of drug-likeness (QED) is 0.395. The molecule has 0 spiro atoms. The van der Waals surface area contributed by atoms with Gasteiger partial charge in [0.15, 0.2) is 0 Å². The van der Waals surface area contributed by atoms with Gasteiger partial charge < -0.3 is 5.73 Å². The van der Waals surface area contributed by atoms with Gasteiger partial charge in [0.1, 0.15) is 0 Å². The summed E-state index contributed by atoms with van der Waals surface area (Å²) in [5.74, 6) is 0. The Morgan fingerprint density at radius 2 is 1.19 bits per heavy atom. The summed E-state index contributed by atoms with van der Waals surface area (Å²) in [5.41, 5.74) is 10.1. The van der Waals surface area contributed by atoms with Crippen LogP contribution in [0.5, 0.6) is 0 Å². The van der Waals surface area contributed by atoms with E-state index in [9.17, 15) is 0 Å². The molecule has 27 heavy (non-hydrogen) atoms. The number of nitrogens with two attached hydrogens (primary N) is 1. The van der Waals surface area contributed by atoms with Gasteiger partial charge in [0, 0.05) is 32.7 Å². The van der Waals surface area contributed by atoms with Crippen LogP contribution >= 0.6 is 0 Å². The van der Waals surface area contributed by atoms with Crippen molar-refractivity contribution in [3.05, 3.63) is 83.9 Å². The van der Waals surface area contributed by atoms with Crippen molar-refractivity contribution in [2.45, 2.75) is 26.7 Å². The van der Waals surface area contributed by atoms with Gasteiger partial charge in [0.2, 0.25) is 0 Å². The van der Waals surface area contributed by atoms with Gasteiger partial charge in [0.05, 0.1) is 0 Å². The van der Waals surface area contributed by atoms with E-state index in [1.165, 1.54) is 50.8 Å². The second-order valence-electron chi connectivity index (χ2n) is 6.55. The Morgan fingerprint density at radius 1 is 0.667 bits per heavy atom. The first kappa shape index (κ1) is 21.8. The molecule has 4 aromatic rings. The summed E-state index contributed by atoms with van der Waals surface area (Å²) in [4.78, 5) is 0. The van der Waals surface area contributed by atoms with Crippen LogP contribution in [-0.2, 0) is 39.1 Å². The first-order valence-corrected chi connectivity index (χ1v) is 9.36. The molecule has 0 amide bonds. The van der Waals surface area contributed by atoms with Gasteiger partial charge in [-0.05, 0) is 64.2 Å². The van der Waals surface area contributed by atoms with Crippen molar-refractivity contribution >= 4 is 21.5 Å². The van der Waals surface area contributed by atoms with E-state index in [0.29, 0.717) is 0 Å². The van der Waals surface area contributed by atoms with Crippen molar-refractivity contribution in [2.75, 3.05) is 7.05 Å². The SMILES string of the molecule is CCCc1ccc2ccccc2c1-c1c(C)ccc2ccccc12.CN.[Y]. The standard InChI is InChI=1S/C24H22.CH5N.Y/c1-3-8-20-16-15-19-10-5-7-12-22(19)24(20)23-17(2)13-14-18-9-4-6-11-21(18)23;1-2;/h4-7,9-16H,3,8H2,1-2H3;2H2,1H3;. The van der Waals surface area contributed by atoms with Crippen molar-refractivity contribution in [1.29, 1.82) is 0 Å². The zero-order valence-electron chi connectivity index (χ0n) is 16.5. The van der Waals surface area contributed by atoms with Crippen LogP contribution in [0, 0.1) is 6.92 Å². The van der Waals surface area contributed by atoms with Crippen molar-refractivity contribution in [3.8, 4) is 11.1 Å². The number of hydrogen-bond donors (Lipinski definition) is 1. The first-order valence-electron chi connectivity index (χ1n) is 9.36. The summed E-state index contributed by atoms with van der Waals surface area (Å²) < 4.78 is 0. The maximum Gasteiger partial charge on any atom is 0 e. The molecule has 0 aliphatic heterocycles. The molecule has 0 unspecified atom stereocenters. The van der Waals surface area contributed by atoms with E-state index in [1.54, 1.807) is 0 Å². The maximum absolute atomic E-state index is 4.50. The van der Waals surface area contributed by atoms with Gasteiger partial charge in [-0.2, -0.15) is 0 Å². The predicted molar refractivity (Wildman–Crippen MR) is 116 cm³/mol. The molecule has 1 radical (unpaired) electrons. The van der Waals surface area contributed by atoms with Crippen molar-refractivity contribution in [3.63, 3.8) is 0 Å². The second-order valence-corrected chi connectivity index (χ2v) is 6.55. The largest absolute Gasteiger partial charge is 0.333 e. The van der Waals surface area contributed by atoms with Gasteiger partial charge in [-0.15, -0.1) is 0 Å². The fraction of sp³-hybridized carbons (Fsp3) is 0.200. The maximum atomic E-state index is 4.50. The monoisotopic (exact) mass is 430 g/mol. The molecule has 1 nitrogen and oxygen atoms in total. The Morgan fingerprint density at radius 3 is 1.78 bits per heavy atom. The molecule has 0 saturated heterocycles. The third kappa shape index (κ3) is 4.32. The Kier molecular flexibility index (Phi) is 8.16. The Balaban J connectivity index is 0.000000844. The van der Waals surface area contributed by atoms with E-state index in [1.807, 2.05) is 0 Å². The first-order chi connectivity index (χ1) is 12.8. The Bertz CT molecular complexity index is 1040. The van der Waals surface area contributed by atoms with Gasteiger partial charge in [-0.25, -0.2) is 0 Å². The van der Waals surface area contributed by atoms with E-state index >= 15 is 0 Å². The average molecular weight is 430 g/mol. The number of hydrogen-bond acceptors (Lipinski definition) is 1. The third-order valence-corrected chi connectivity index (χ3v) is 4.92. The zero-order valence-corrected chi connectivity index (χ0v) is 19.3. The Hall–Kier alpha value is -1.54. The van der Waals surface area contributed by atoms with Gasteiger partial charge in [-0.1, -0.05) is 86.1 Å². The van der Waals surface area contributed by atoms with Crippen LogP contribution in [0.25, 0.3) is 32.7 Å². The molecule has 0 fully saturated rings. The number of aryl methyl sites for hydroxylation is 2. The van der Waals surface area contributed by atoms with Crippen LogP contribution in [-0.4, -0.2) is 7.05 Å². The number of benzene rings is 4. The van der Waals surface area contributed by atoms with Crippen molar-refractivity contribution in [1.82, 2.24) is 0 Å². The summed E-state index contributed by atoms with van der Waals surface area (Å²) in [7, 11) is 1.50. The van der Waals surface area contributed by atoms with Crippen LogP contribution in [0.4, 0.5) is 0 Å². The molecule has 0 aliphatic carbocycles. The smallest absolute Gasteiger partial charge is 0 e. The number of rotatable bonds is 3. The zero-order chi connectivity index (χ0) is 18.5. The Labute approximate surface area is 187 Å². The molecule has 4 aromatic carbocycles. The molecule has 4 rings (SSSR count). The fourth-order valence-corrected chi connectivity index (χ4v) is 3.80. The second kappa shape index (κ2) is 10.1. The fourth-order valence-electron chi connectivity index (χ4n) is 3.80. The minimum atomic E-state index is 0. The van der Waals surface area contributed by atoms with Crippen LogP contribution in [0.15, 0.2) is 72.8 Å². The molecule has 2 heteroatoms. The molecule has 0 atom stereocenters. The summed E-state index contributed by atoms with van der Waals surface area (Å²) in [6.45, 7) is 4.49. The third-order valence-electron chi connectivity index (χ3n) is 4.92. The molecular weight excluding hydrogens is 403 g/mol. The topological polar surface area (TPSA) is 26.0 Å². The minimum Gasteiger partial charge on any atom is -0.333 e. The van der Waals surface area contributed by atoms with E-state index in [4.69, 9.17) is 0 Å². The molecular formula is C25H27NY. The van der Waals surface area contributed by atoms with Gasteiger partial charge in [0.25, 0.3) is 0 Å². The van der Waals surface area contributed by atoms with Crippen molar-refractivity contribution in [2.24, 2.45) is 5.73 Å². The minimum absolute atomic E-state index is 0. The van der Waals surface area contributed by atoms with Crippen LogP contribution in [0.2, 0.25) is 0 Å². The van der Waals surface area contributed by atoms with Crippen molar-refractivity contribution < 1.29 is 32.7 Å². The molecule has 2 N–H and O–H groups in total. The van der Waals surface area contributed by atoms with E-state index < -0.39 is 0 Å². The summed E-state index contributed by atoms with van der Waals surface area (Å²) in [6.07, 6.45) is 2.28. The molecule has 0 aliphatic rings. The summed E-state index contributed by atoms with van der Waals surface area (Å²) in [6, 6.07) is 26.6. The van der Waals surface area contributed by atoms with Gasteiger partial charge >= 0.3 is 0 Å². The molecule has 0 saturated carbocycles. The van der Waals surface area contributed by atoms with Crippen LogP contribution in [0.1, 0.15) is 24.5 Å². The van der Waals surface area contributed by atoms with Crippen LogP contribution < -0.4 is 5.73 Å².